The molecule has 1 aliphatic rings. The lowest BCUT2D eigenvalue weighted by molar-refractivity contribution is 0.207. The molecule has 0 spiro atoms. The molecular formula is C19H18N2O3S. The summed E-state index contributed by atoms with van der Waals surface area (Å²) in [6, 6.07) is 20.1. The smallest absolute Gasteiger partial charge is 0.243 e. The Hall–Kier alpha value is -2.44. The maximum atomic E-state index is 12.7. The lowest BCUT2D eigenvalue weighted by atomic mass is 10.2. The fourth-order valence-electron chi connectivity index (χ4n) is 3.04. The molecule has 0 unspecified atom stereocenters. The van der Waals surface area contributed by atoms with Crippen molar-refractivity contribution >= 4 is 20.9 Å². The van der Waals surface area contributed by atoms with Crippen molar-refractivity contribution in [2.45, 2.75) is 17.4 Å². The molecule has 0 N–H and O–H groups in total. The SMILES string of the molecule is O=S(=O)(c1ccccc1)N1CC[C@@H](Oc2ccc3ccccc3n2)C1. The highest BCUT2D eigenvalue weighted by Crippen LogP contribution is 2.24. The summed E-state index contributed by atoms with van der Waals surface area (Å²) in [4.78, 5) is 4.81. The molecule has 6 heteroatoms. The van der Waals surface area contributed by atoms with Gasteiger partial charge in [-0.3, -0.25) is 0 Å². The van der Waals surface area contributed by atoms with E-state index in [-0.39, 0.29) is 6.10 Å². The molecule has 4 rings (SSSR count). The van der Waals surface area contributed by atoms with Crippen molar-refractivity contribution in [3.63, 3.8) is 0 Å². The Balaban J connectivity index is 1.49. The van der Waals surface area contributed by atoms with Gasteiger partial charge in [-0.05, 0) is 30.7 Å². The second kappa shape index (κ2) is 6.46. The zero-order valence-electron chi connectivity index (χ0n) is 13.6. The third kappa shape index (κ3) is 3.23. The highest BCUT2D eigenvalue weighted by Gasteiger charge is 2.33. The van der Waals surface area contributed by atoms with E-state index in [0.717, 1.165) is 10.9 Å². The summed E-state index contributed by atoms with van der Waals surface area (Å²) in [5, 5.41) is 1.05. The van der Waals surface area contributed by atoms with Crippen LogP contribution < -0.4 is 4.74 Å². The summed E-state index contributed by atoms with van der Waals surface area (Å²) >= 11 is 0. The van der Waals surface area contributed by atoms with Crippen LogP contribution in [0, 0.1) is 0 Å². The Morgan fingerprint density at radius 3 is 2.56 bits per heavy atom. The van der Waals surface area contributed by atoms with E-state index in [4.69, 9.17) is 4.74 Å². The van der Waals surface area contributed by atoms with Crippen LogP contribution >= 0.6 is 0 Å². The van der Waals surface area contributed by atoms with E-state index >= 15 is 0 Å². The van der Waals surface area contributed by atoms with Crippen LogP contribution in [-0.4, -0.2) is 36.9 Å². The number of hydrogen-bond donors (Lipinski definition) is 0. The minimum absolute atomic E-state index is 0.188. The third-order valence-corrected chi connectivity index (χ3v) is 6.23. The highest BCUT2D eigenvalue weighted by atomic mass is 32.2. The first-order valence-electron chi connectivity index (χ1n) is 8.20. The van der Waals surface area contributed by atoms with Gasteiger partial charge in [-0.2, -0.15) is 4.31 Å². The second-order valence-corrected chi connectivity index (χ2v) is 7.98. The highest BCUT2D eigenvalue weighted by molar-refractivity contribution is 7.89. The lowest BCUT2D eigenvalue weighted by Crippen LogP contribution is -2.31. The maximum Gasteiger partial charge on any atom is 0.243 e. The number of benzene rings is 2. The molecule has 1 saturated heterocycles. The number of hydrogen-bond acceptors (Lipinski definition) is 4. The predicted octanol–water partition coefficient (Wildman–Crippen LogP) is 3.08. The van der Waals surface area contributed by atoms with Gasteiger partial charge in [0.2, 0.25) is 15.9 Å². The molecule has 25 heavy (non-hydrogen) atoms. The van der Waals surface area contributed by atoms with Crippen LogP contribution in [0.15, 0.2) is 71.6 Å². The van der Waals surface area contributed by atoms with Crippen molar-refractivity contribution in [3.05, 3.63) is 66.7 Å². The number of sulfonamides is 1. The van der Waals surface area contributed by atoms with Gasteiger partial charge in [0.05, 0.1) is 17.0 Å². The molecule has 2 heterocycles. The number of pyridine rings is 1. The van der Waals surface area contributed by atoms with Crippen LogP contribution in [0.25, 0.3) is 10.9 Å². The zero-order valence-corrected chi connectivity index (χ0v) is 14.4. The summed E-state index contributed by atoms with van der Waals surface area (Å²) in [6.45, 7) is 0.793. The first-order chi connectivity index (χ1) is 12.1. The monoisotopic (exact) mass is 354 g/mol. The lowest BCUT2D eigenvalue weighted by Gasteiger charge is -2.17. The summed E-state index contributed by atoms with van der Waals surface area (Å²) < 4.78 is 32.7. The minimum Gasteiger partial charge on any atom is -0.473 e. The first-order valence-corrected chi connectivity index (χ1v) is 9.64. The zero-order chi connectivity index (χ0) is 17.3. The standard InChI is InChI=1S/C19H18N2O3S/c22-25(23,17-7-2-1-3-8-17)21-13-12-16(14-21)24-19-11-10-15-6-4-5-9-18(15)20-19/h1-11,16H,12-14H2/t16-/m1/s1. The number of nitrogens with zero attached hydrogens (tertiary/aromatic N) is 2. The van der Waals surface area contributed by atoms with Crippen molar-refractivity contribution in [1.29, 1.82) is 0 Å². The van der Waals surface area contributed by atoms with E-state index in [2.05, 4.69) is 4.98 Å². The number of para-hydroxylation sites is 1. The van der Waals surface area contributed by atoms with Gasteiger partial charge in [0.1, 0.15) is 6.10 Å². The van der Waals surface area contributed by atoms with E-state index in [1.807, 2.05) is 36.4 Å². The molecular weight excluding hydrogens is 336 g/mol. The van der Waals surface area contributed by atoms with E-state index in [0.29, 0.717) is 30.3 Å². The van der Waals surface area contributed by atoms with Gasteiger partial charge in [-0.15, -0.1) is 0 Å². The molecule has 5 nitrogen and oxygen atoms in total. The predicted molar refractivity (Wildman–Crippen MR) is 96.0 cm³/mol. The Morgan fingerprint density at radius 1 is 0.960 bits per heavy atom. The number of fused-ring (bicyclic) bond motifs is 1. The fourth-order valence-corrected chi connectivity index (χ4v) is 4.54. The van der Waals surface area contributed by atoms with Crippen molar-refractivity contribution in [1.82, 2.24) is 9.29 Å². The Morgan fingerprint density at radius 2 is 1.72 bits per heavy atom. The molecule has 128 valence electrons. The average molecular weight is 354 g/mol. The molecule has 2 aromatic carbocycles. The van der Waals surface area contributed by atoms with Gasteiger partial charge < -0.3 is 4.74 Å². The van der Waals surface area contributed by atoms with Crippen molar-refractivity contribution in [2.24, 2.45) is 0 Å². The Labute approximate surface area is 146 Å². The third-order valence-electron chi connectivity index (χ3n) is 4.35. The molecule has 0 bridgehead atoms. The van der Waals surface area contributed by atoms with Gasteiger partial charge in [-0.25, -0.2) is 13.4 Å². The number of ether oxygens (including phenoxy) is 1. The summed E-state index contributed by atoms with van der Waals surface area (Å²) in [5.41, 5.74) is 0.867. The van der Waals surface area contributed by atoms with Crippen LogP contribution in [0.2, 0.25) is 0 Å². The van der Waals surface area contributed by atoms with Crippen molar-refractivity contribution < 1.29 is 13.2 Å². The minimum atomic E-state index is -3.47. The molecule has 1 aliphatic heterocycles. The van der Waals surface area contributed by atoms with Gasteiger partial charge in [-0.1, -0.05) is 36.4 Å². The summed E-state index contributed by atoms with van der Waals surface area (Å²) in [5.74, 6) is 0.530. The van der Waals surface area contributed by atoms with Crippen LogP contribution in [0.4, 0.5) is 0 Å². The average Bonchev–Trinajstić information content (AvgIpc) is 3.12. The fraction of sp³-hybridized carbons (Fsp3) is 0.211. The molecule has 0 aliphatic carbocycles. The van der Waals surface area contributed by atoms with Gasteiger partial charge in [0.25, 0.3) is 0 Å². The first kappa shape index (κ1) is 16.1. The normalized spacial score (nSPS) is 18.5. The Kier molecular flexibility index (Phi) is 4.15. The topological polar surface area (TPSA) is 59.5 Å². The van der Waals surface area contributed by atoms with Crippen molar-refractivity contribution in [2.75, 3.05) is 13.1 Å². The molecule has 1 fully saturated rings. The van der Waals surface area contributed by atoms with Crippen molar-refractivity contribution in [3.8, 4) is 5.88 Å². The van der Waals surface area contributed by atoms with Crippen LogP contribution in [-0.2, 0) is 10.0 Å². The van der Waals surface area contributed by atoms with E-state index in [1.165, 1.54) is 4.31 Å². The summed E-state index contributed by atoms with van der Waals surface area (Å²) in [7, 11) is -3.47. The molecule has 0 radical (unpaired) electrons. The molecule has 1 atom stereocenters. The molecule has 1 aromatic heterocycles. The molecule has 3 aromatic rings. The van der Waals surface area contributed by atoms with Crippen LogP contribution in [0.1, 0.15) is 6.42 Å². The van der Waals surface area contributed by atoms with Gasteiger partial charge in [0.15, 0.2) is 0 Å². The Bertz CT molecular complexity index is 990. The van der Waals surface area contributed by atoms with E-state index < -0.39 is 10.0 Å². The molecule has 0 saturated carbocycles. The quantitative estimate of drug-likeness (QED) is 0.722. The molecule has 0 amide bonds. The number of aromatic nitrogens is 1. The maximum absolute atomic E-state index is 12.7. The van der Waals surface area contributed by atoms with Crippen LogP contribution in [0.5, 0.6) is 5.88 Å². The van der Waals surface area contributed by atoms with E-state index in [9.17, 15) is 8.42 Å². The van der Waals surface area contributed by atoms with Crippen LogP contribution in [0.3, 0.4) is 0 Å². The van der Waals surface area contributed by atoms with Gasteiger partial charge >= 0.3 is 0 Å². The summed E-state index contributed by atoms with van der Waals surface area (Å²) in [6.07, 6.45) is 0.466. The van der Waals surface area contributed by atoms with Gasteiger partial charge in [0, 0.05) is 18.0 Å². The largest absolute Gasteiger partial charge is 0.473 e. The number of rotatable bonds is 4. The second-order valence-electron chi connectivity index (χ2n) is 6.05. The van der Waals surface area contributed by atoms with E-state index in [1.54, 1.807) is 30.3 Å².